The molecular weight excluding hydrogens is 380 g/mol. The number of hydrogen-bond donors (Lipinski definition) is 1. The third kappa shape index (κ3) is 5.97. The van der Waals surface area contributed by atoms with Gasteiger partial charge in [0, 0.05) is 7.05 Å². The van der Waals surface area contributed by atoms with Gasteiger partial charge in [0.25, 0.3) is 0 Å². The Morgan fingerprint density at radius 3 is 2.21 bits per heavy atom. The van der Waals surface area contributed by atoms with Gasteiger partial charge in [-0.3, -0.25) is 4.79 Å². The second-order valence-corrected chi connectivity index (χ2v) is 8.57. The lowest BCUT2D eigenvalue weighted by Crippen LogP contribution is -2.43. The number of hydrogen-bond acceptors (Lipinski definition) is 5. The maximum absolute atomic E-state index is 12.6. The van der Waals surface area contributed by atoms with E-state index in [0.717, 1.165) is 9.87 Å². The molecule has 8 heteroatoms. The largest absolute Gasteiger partial charge is 0.497 e. The number of methoxy groups -OCH3 is 1. The van der Waals surface area contributed by atoms with Crippen LogP contribution < -0.4 is 14.8 Å². The highest BCUT2D eigenvalue weighted by molar-refractivity contribution is 7.89. The Hall–Kier alpha value is -2.58. The van der Waals surface area contributed by atoms with Crippen LogP contribution in [0.5, 0.6) is 11.5 Å². The predicted octanol–water partition coefficient (Wildman–Crippen LogP) is 2.21. The number of carbonyl (C=O) groups excluding carboxylic acids is 1. The van der Waals surface area contributed by atoms with Crippen LogP contribution in [0.15, 0.2) is 53.4 Å². The smallest absolute Gasteiger partial charge is 0.243 e. The fourth-order valence-electron chi connectivity index (χ4n) is 2.43. The molecule has 1 amide bonds. The Morgan fingerprint density at radius 1 is 1.07 bits per heavy atom. The highest BCUT2D eigenvalue weighted by Crippen LogP contribution is 2.18. The number of carbonyl (C=O) groups is 1. The Labute approximate surface area is 166 Å². The second kappa shape index (κ2) is 9.57. The van der Waals surface area contributed by atoms with Crippen molar-refractivity contribution in [1.29, 1.82) is 0 Å². The van der Waals surface area contributed by atoms with E-state index in [0.29, 0.717) is 11.5 Å². The highest BCUT2D eigenvalue weighted by atomic mass is 32.2. The van der Waals surface area contributed by atoms with Crippen molar-refractivity contribution in [3.63, 3.8) is 0 Å². The number of sulfonamides is 1. The fraction of sp³-hybridized carbons (Fsp3) is 0.350. The number of ether oxygens (including phenoxy) is 2. The minimum Gasteiger partial charge on any atom is -0.497 e. The van der Waals surface area contributed by atoms with Gasteiger partial charge in [0.1, 0.15) is 18.1 Å². The third-order valence-electron chi connectivity index (χ3n) is 4.06. The van der Waals surface area contributed by atoms with Gasteiger partial charge >= 0.3 is 0 Å². The van der Waals surface area contributed by atoms with E-state index in [-0.39, 0.29) is 24.1 Å². The summed E-state index contributed by atoms with van der Waals surface area (Å²) in [5.41, 5.74) is 1.13. The van der Waals surface area contributed by atoms with Crippen LogP contribution in [0.1, 0.15) is 12.5 Å². The first kappa shape index (κ1) is 21.7. The number of nitrogens with one attached hydrogen (secondary N) is 1. The highest BCUT2D eigenvalue weighted by Gasteiger charge is 2.23. The van der Waals surface area contributed by atoms with Gasteiger partial charge in [0.15, 0.2) is 0 Å². The molecule has 7 nitrogen and oxygen atoms in total. The summed E-state index contributed by atoms with van der Waals surface area (Å²) in [6, 6.07) is 13.3. The monoisotopic (exact) mass is 406 g/mol. The Balaban J connectivity index is 1.87. The maximum Gasteiger partial charge on any atom is 0.243 e. The molecular formula is C20H26N2O5S. The van der Waals surface area contributed by atoms with Crippen molar-refractivity contribution in [2.24, 2.45) is 0 Å². The van der Waals surface area contributed by atoms with E-state index in [1.165, 1.54) is 26.3 Å². The van der Waals surface area contributed by atoms with Gasteiger partial charge in [0.2, 0.25) is 15.9 Å². The van der Waals surface area contributed by atoms with Gasteiger partial charge in [0.05, 0.1) is 24.6 Å². The van der Waals surface area contributed by atoms with Crippen molar-refractivity contribution in [3.8, 4) is 11.5 Å². The number of benzene rings is 2. The molecule has 0 saturated heterocycles. The lowest BCUT2D eigenvalue weighted by molar-refractivity contribution is -0.121. The predicted molar refractivity (Wildman–Crippen MR) is 107 cm³/mol. The maximum atomic E-state index is 12.6. The molecule has 0 saturated carbocycles. The number of likely N-dealkylation sites (N-methyl/N-ethyl adjacent to an activating group) is 1. The van der Waals surface area contributed by atoms with Crippen LogP contribution in [0.2, 0.25) is 0 Å². The Kier molecular flexibility index (Phi) is 7.42. The summed E-state index contributed by atoms with van der Waals surface area (Å²) < 4.78 is 36.8. The zero-order chi connectivity index (χ0) is 20.7. The van der Waals surface area contributed by atoms with Gasteiger partial charge in [-0.25, -0.2) is 8.42 Å². The first-order valence-corrected chi connectivity index (χ1v) is 10.3. The van der Waals surface area contributed by atoms with Crippen molar-refractivity contribution in [2.75, 3.05) is 27.3 Å². The van der Waals surface area contributed by atoms with E-state index >= 15 is 0 Å². The van der Waals surface area contributed by atoms with Crippen LogP contribution in [-0.4, -0.2) is 52.0 Å². The summed E-state index contributed by atoms with van der Waals surface area (Å²) in [5, 5.41) is 2.74. The molecule has 28 heavy (non-hydrogen) atoms. The molecule has 1 N–H and O–H groups in total. The molecule has 2 aromatic carbocycles. The quantitative estimate of drug-likeness (QED) is 0.690. The van der Waals surface area contributed by atoms with E-state index in [1.807, 2.05) is 31.2 Å². The first-order chi connectivity index (χ1) is 13.2. The standard InChI is InChI=1S/C20H26N2O5S/c1-15-5-7-18(8-6-15)27-14-16(2)21-20(23)13-22(3)28(24,25)19-11-9-17(26-4)10-12-19/h5-12,16H,13-14H2,1-4H3,(H,21,23)/t16-/m1/s1. The zero-order valence-electron chi connectivity index (χ0n) is 16.5. The topological polar surface area (TPSA) is 84.9 Å². The van der Waals surface area contributed by atoms with Crippen molar-refractivity contribution in [2.45, 2.75) is 24.8 Å². The van der Waals surface area contributed by atoms with E-state index in [9.17, 15) is 13.2 Å². The summed E-state index contributed by atoms with van der Waals surface area (Å²) in [7, 11) is -0.897. The molecule has 0 aliphatic rings. The lowest BCUT2D eigenvalue weighted by atomic mass is 10.2. The van der Waals surface area contributed by atoms with E-state index in [1.54, 1.807) is 19.1 Å². The zero-order valence-corrected chi connectivity index (χ0v) is 17.3. The average Bonchev–Trinajstić information content (AvgIpc) is 2.67. The van der Waals surface area contributed by atoms with Crippen molar-refractivity contribution >= 4 is 15.9 Å². The summed E-state index contributed by atoms with van der Waals surface area (Å²) in [5.74, 6) is 0.868. The Morgan fingerprint density at radius 2 is 1.64 bits per heavy atom. The molecule has 2 aromatic rings. The third-order valence-corrected chi connectivity index (χ3v) is 5.88. The Bertz CT molecular complexity index is 880. The summed E-state index contributed by atoms with van der Waals surface area (Å²) in [6.45, 7) is 3.78. The summed E-state index contributed by atoms with van der Waals surface area (Å²) >= 11 is 0. The van der Waals surface area contributed by atoms with Crippen molar-refractivity contribution in [1.82, 2.24) is 9.62 Å². The molecule has 0 heterocycles. The molecule has 0 aliphatic heterocycles. The molecule has 0 spiro atoms. The minimum absolute atomic E-state index is 0.0966. The van der Waals surface area contributed by atoms with Crippen LogP contribution in [-0.2, 0) is 14.8 Å². The molecule has 0 fully saturated rings. The van der Waals surface area contributed by atoms with Gasteiger partial charge in [-0.15, -0.1) is 0 Å². The van der Waals surface area contributed by atoms with E-state index in [2.05, 4.69) is 5.32 Å². The van der Waals surface area contributed by atoms with Crippen LogP contribution in [0.4, 0.5) is 0 Å². The number of nitrogens with zero attached hydrogens (tertiary/aromatic N) is 1. The molecule has 152 valence electrons. The summed E-state index contributed by atoms with van der Waals surface area (Å²) in [4.78, 5) is 12.3. The number of rotatable bonds is 9. The minimum atomic E-state index is -3.77. The molecule has 1 atom stereocenters. The van der Waals surface area contributed by atoms with E-state index in [4.69, 9.17) is 9.47 Å². The summed E-state index contributed by atoms with van der Waals surface area (Å²) in [6.07, 6.45) is 0. The number of amides is 1. The average molecular weight is 407 g/mol. The van der Waals surface area contributed by atoms with Gasteiger partial charge in [-0.05, 0) is 50.2 Å². The fourth-order valence-corrected chi connectivity index (χ4v) is 3.56. The van der Waals surface area contributed by atoms with Gasteiger partial charge in [-0.1, -0.05) is 17.7 Å². The molecule has 2 rings (SSSR count). The van der Waals surface area contributed by atoms with Crippen molar-refractivity contribution < 1.29 is 22.7 Å². The normalized spacial score (nSPS) is 12.5. The molecule has 0 aromatic heterocycles. The van der Waals surface area contributed by atoms with Crippen molar-refractivity contribution in [3.05, 3.63) is 54.1 Å². The molecule has 0 unspecified atom stereocenters. The second-order valence-electron chi connectivity index (χ2n) is 6.53. The SMILES string of the molecule is COc1ccc(S(=O)(=O)N(C)CC(=O)N[C@H](C)COc2ccc(C)cc2)cc1. The van der Waals surface area contributed by atoms with Crippen LogP contribution in [0, 0.1) is 6.92 Å². The molecule has 0 bridgehead atoms. The lowest BCUT2D eigenvalue weighted by Gasteiger charge is -2.19. The van der Waals surface area contributed by atoms with Gasteiger partial charge in [-0.2, -0.15) is 4.31 Å². The van der Waals surface area contributed by atoms with Gasteiger partial charge < -0.3 is 14.8 Å². The van der Waals surface area contributed by atoms with Crippen LogP contribution in [0.25, 0.3) is 0 Å². The van der Waals surface area contributed by atoms with E-state index < -0.39 is 15.9 Å². The first-order valence-electron chi connectivity index (χ1n) is 8.81. The van der Waals surface area contributed by atoms with Crippen LogP contribution >= 0.6 is 0 Å². The molecule has 0 radical (unpaired) electrons. The number of aryl methyl sites for hydroxylation is 1. The molecule has 0 aliphatic carbocycles. The van der Waals surface area contributed by atoms with Crippen LogP contribution in [0.3, 0.4) is 0 Å².